The SMILES string of the molecule is CB1c2ccccc2-c2ccccc2N1C.CB1c2ccccc2-c2ccccc2N1C.CB=NC.CB=NC.CC=NC.CC=NC.CCN(C)c1ccccc1.CCN(C)c1ccccc1.COB(C)c1ccccc1.COB(C)c1ccccc1.Cc1ccccc1C. The van der Waals surface area contributed by atoms with Gasteiger partial charge in [-0.1, -0.05) is 234 Å². The Morgan fingerprint density at radius 2 is 0.656 bits per heavy atom. The third-order valence-electron chi connectivity index (χ3n) is 16.2. The molecule has 2 heterocycles. The van der Waals surface area contributed by atoms with Crippen LogP contribution >= 0.6 is 0 Å². The van der Waals surface area contributed by atoms with E-state index < -0.39 is 0 Å². The van der Waals surface area contributed by atoms with E-state index in [4.69, 9.17) is 9.31 Å². The molecule has 0 bridgehead atoms. The molecule has 0 aliphatic carbocycles. The molecule has 0 amide bonds. The second-order valence-corrected chi connectivity index (χ2v) is 22.2. The Bertz CT molecular complexity index is 3060. The van der Waals surface area contributed by atoms with Crippen molar-refractivity contribution < 1.29 is 9.31 Å². The number of anilines is 4. The molecule has 0 radical (unpaired) electrons. The van der Waals surface area contributed by atoms with Crippen molar-refractivity contribution in [2.24, 2.45) is 19.8 Å². The van der Waals surface area contributed by atoms with Crippen LogP contribution in [0.15, 0.2) is 262 Å². The summed E-state index contributed by atoms with van der Waals surface area (Å²) in [6.45, 7) is 28.1. The van der Waals surface area contributed by atoms with Gasteiger partial charge in [0, 0.05) is 89.4 Å². The topological polar surface area (TPSA) is 80.9 Å². The summed E-state index contributed by atoms with van der Waals surface area (Å²) in [6.07, 6.45) is 3.50. The summed E-state index contributed by atoms with van der Waals surface area (Å²) in [5, 5.41) is 0. The van der Waals surface area contributed by atoms with Gasteiger partial charge in [0.15, 0.2) is 0 Å². The van der Waals surface area contributed by atoms with E-state index in [-0.39, 0.29) is 13.8 Å². The Morgan fingerprint density at radius 1 is 0.417 bits per heavy atom. The van der Waals surface area contributed by atoms with Crippen molar-refractivity contribution in [3.8, 4) is 22.3 Å². The van der Waals surface area contributed by atoms with Crippen molar-refractivity contribution in [2.75, 3.05) is 103 Å². The Hall–Kier alpha value is -8.57. The van der Waals surface area contributed by atoms with Gasteiger partial charge in [0.05, 0.1) is 0 Å². The minimum atomic E-state index is 0.209. The molecule has 0 N–H and O–H groups in total. The summed E-state index contributed by atoms with van der Waals surface area (Å²) >= 11 is 0. The van der Waals surface area contributed by atoms with E-state index >= 15 is 0 Å². The number of aliphatic imine (C=N–C) groups is 2. The van der Waals surface area contributed by atoms with Crippen LogP contribution in [0, 0.1) is 13.8 Å². The van der Waals surface area contributed by atoms with Crippen LogP contribution in [0.1, 0.15) is 38.8 Å². The maximum Gasteiger partial charge on any atom is 0.323 e. The van der Waals surface area contributed by atoms with Crippen LogP contribution in [0.4, 0.5) is 22.7 Å². The number of rotatable bonds is 8. The molecule has 0 fully saturated rings. The molecule has 0 unspecified atom stereocenters. The zero-order chi connectivity index (χ0) is 71.5. The van der Waals surface area contributed by atoms with E-state index in [1.165, 1.54) is 78.0 Å². The van der Waals surface area contributed by atoms with E-state index in [0.29, 0.717) is 13.7 Å². The zero-order valence-electron chi connectivity index (χ0n) is 62.5. The molecular formula is C80H112B6N8O2. The third kappa shape index (κ3) is 31.8. The van der Waals surface area contributed by atoms with Gasteiger partial charge in [-0.05, 0) is 149 Å². The summed E-state index contributed by atoms with van der Waals surface area (Å²) in [5.41, 5.74) is 18.7. The van der Waals surface area contributed by atoms with Crippen LogP contribution < -0.4 is 41.3 Å². The van der Waals surface area contributed by atoms with E-state index in [0.717, 1.165) is 13.1 Å². The summed E-state index contributed by atoms with van der Waals surface area (Å²) in [4.78, 5) is 23.6. The second-order valence-electron chi connectivity index (χ2n) is 22.2. The van der Waals surface area contributed by atoms with Gasteiger partial charge < -0.3 is 38.7 Å². The van der Waals surface area contributed by atoms with E-state index in [9.17, 15) is 0 Å². The molecule has 0 aromatic heterocycles. The fourth-order valence-corrected chi connectivity index (χ4v) is 9.18. The first-order chi connectivity index (χ1) is 46.4. The van der Waals surface area contributed by atoms with Gasteiger partial charge >= 0.3 is 65.5 Å². The second kappa shape index (κ2) is 52.7. The van der Waals surface area contributed by atoms with Crippen LogP contribution in [0.25, 0.3) is 22.3 Å². The number of fused-ring (bicyclic) bond motifs is 6. The average Bonchev–Trinajstić information content (AvgIpc) is 0.777. The molecule has 0 atom stereocenters. The van der Waals surface area contributed by atoms with Gasteiger partial charge in [-0.2, -0.15) is 0 Å². The van der Waals surface area contributed by atoms with Crippen LogP contribution in [-0.4, -0.2) is 138 Å². The van der Waals surface area contributed by atoms with Gasteiger partial charge in [-0.25, -0.2) is 0 Å². The zero-order valence-corrected chi connectivity index (χ0v) is 62.5. The van der Waals surface area contributed by atoms with Gasteiger partial charge in [0.1, 0.15) is 0 Å². The number of benzene rings is 9. The molecule has 16 heteroatoms. The Morgan fingerprint density at radius 3 is 0.906 bits per heavy atom. The van der Waals surface area contributed by atoms with Gasteiger partial charge in [-0.3, -0.25) is 0 Å². The number of hydrogen-bond acceptors (Lipinski definition) is 10. The van der Waals surface area contributed by atoms with Crippen molar-refractivity contribution in [2.45, 2.75) is 82.5 Å². The molecule has 10 nitrogen and oxygen atoms in total. The quantitative estimate of drug-likeness (QED) is 0.111. The van der Waals surface area contributed by atoms with E-state index in [2.05, 4.69) is 303 Å². The Labute approximate surface area is 586 Å². The summed E-state index contributed by atoms with van der Waals surface area (Å²) in [5.74, 6) is 0. The molecule has 2 aliphatic rings. The fraction of sp³-hybridized carbons (Fsp3) is 0.300. The normalized spacial score (nSPS) is 10.6. The molecule has 96 heavy (non-hydrogen) atoms. The fourth-order valence-electron chi connectivity index (χ4n) is 9.18. The average molecular weight is 1280 g/mol. The van der Waals surface area contributed by atoms with Crippen molar-refractivity contribution in [1.82, 2.24) is 0 Å². The molecule has 502 valence electrons. The largest absolute Gasteiger partial charge is 0.434 e. The molecule has 2 aliphatic heterocycles. The number of nitrogens with zero attached hydrogens (tertiary/aromatic N) is 8. The number of hydrogen-bond donors (Lipinski definition) is 0. The summed E-state index contributed by atoms with van der Waals surface area (Å²) < 4.78 is 10.3. The smallest absolute Gasteiger partial charge is 0.323 e. The Balaban J connectivity index is 0.000000546. The first-order valence-electron chi connectivity index (χ1n) is 33.4. The minimum Gasteiger partial charge on any atom is -0.434 e. The van der Waals surface area contributed by atoms with Crippen molar-refractivity contribution in [3.05, 3.63) is 254 Å². The first kappa shape index (κ1) is 85.4. The number of para-hydroxylation sites is 4. The van der Waals surface area contributed by atoms with Crippen molar-refractivity contribution in [3.63, 3.8) is 0 Å². The third-order valence-corrected chi connectivity index (χ3v) is 16.2. The van der Waals surface area contributed by atoms with Crippen LogP contribution in [0.5, 0.6) is 0 Å². The maximum atomic E-state index is 5.14. The van der Waals surface area contributed by atoms with Gasteiger partial charge in [0.25, 0.3) is 13.7 Å². The first-order valence-corrected chi connectivity index (χ1v) is 33.4. The summed E-state index contributed by atoms with van der Waals surface area (Å²) in [6, 6.07) is 84.1. The monoisotopic (exact) mass is 1280 g/mol. The molecule has 9 aromatic carbocycles. The maximum absolute atomic E-state index is 5.14. The molecule has 0 spiro atoms. The van der Waals surface area contributed by atoms with E-state index in [1.54, 1.807) is 69.0 Å². The van der Waals surface area contributed by atoms with Gasteiger partial charge in [-0.15, -0.1) is 0 Å². The predicted molar refractivity (Wildman–Crippen MR) is 439 cm³/mol. The van der Waals surface area contributed by atoms with Crippen LogP contribution in [0.3, 0.4) is 0 Å². The molecule has 9 aromatic rings. The minimum absolute atomic E-state index is 0.209. The molecule has 11 rings (SSSR count). The van der Waals surface area contributed by atoms with Crippen LogP contribution in [0.2, 0.25) is 40.9 Å². The summed E-state index contributed by atoms with van der Waals surface area (Å²) in [7, 11) is 22.5. The number of aryl methyl sites for hydroxylation is 2. The van der Waals surface area contributed by atoms with E-state index in [1.807, 2.05) is 89.7 Å². The molecule has 0 saturated carbocycles. The predicted octanol–water partition coefficient (Wildman–Crippen LogP) is 16.7. The van der Waals surface area contributed by atoms with Crippen molar-refractivity contribution >= 4 is 98.7 Å². The molecule has 0 saturated heterocycles. The molecular weight excluding hydrogens is 1170 g/mol. The van der Waals surface area contributed by atoms with Gasteiger partial charge in [0.2, 0.25) is 0 Å². The Kier molecular flexibility index (Phi) is 46.9. The standard InChI is InChI=1S/2C14H14BN.2C9H13N.2C8H11BO.C8H10.2C3H7N.2C2H6BN/c2*1-15-13-9-5-3-7-11(13)12-8-4-6-10-14(12)16(15)2;2*1-3-10(2)9-7-5-4-6-8-9;2*1-9(10-2)8-6-4-3-5-7-8;1-7-5-3-4-6-8(7)2;4*1-3-4-2/h2*3-10H,1-2H3;2*4-8H,3H2,1-2H3;2*3-7H,1-2H3;3-6H,1-2H3;2*3H,1-2H3;2*1-2H3. The van der Waals surface area contributed by atoms with Crippen LogP contribution in [-0.2, 0) is 9.31 Å². The van der Waals surface area contributed by atoms with Crippen molar-refractivity contribution in [1.29, 1.82) is 0 Å².